The second-order valence-electron chi connectivity index (χ2n) is 5.68. The molecule has 0 unspecified atom stereocenters. The highest BCUT2D eigenvalue weighted by atomic mass is 16.5. The SMILES string of the molecule is O=C(Cc1ccccc1)Nc1ccc(OC[C@H]2CCCO2)cc1. The average molecular weight is 311 g/mol. The minimum absolute atomic E-state index is 0.0239. The molecule has 0 bridgehead atoms. The van der Waals surface area contributed by atoms with Crippen molar-refractivity contribution in [1.82, 2.24) is 0 Å². The third-order valence-corrected chi connectivity index (χ3v) is 3.81. The first-order valence-corrected chi connectivity index (χ1v) is 7.98. The molecule has 4 nitrogen and oxygen atoms in total. The molecule has 2 aromatic rings. The Kier molecular flexibility index (Phi) is 5.27. The fourth-order valence-electron chi connectivity index (χ4n) is 2.59. The Morgan fingerprint density at radius 2 is 1.91 bits per heavy atom. The number of hydrogen-bond donors (Lipinski definition) is 1. The molecule has 1 aliphatic rings. The number of nitrogens with one attached hydrogen (secondary N) is 1. The van der Waals surface area contributed by atoms with Gasteiger partial charge in [-0.1, -0.05) is 30.3 Å². The zero-order valence-electron chi connectivity index (χ0n) is 13.0. The Morgan fingerprint density at radius 3 is 2.61 bits per heavy atom. The lowest BCUT2D eigenvalue weighted by molar-refractivity contribution is -0.115. The summed E-state index contributed by atoms with van der Waals surface area (Å²) < 4.78 is 11.2. The van der Waals surface area contributed by atoms with Crippen molar-refractivity contribution >= 4 is 11.6 Å². The maximum absolute atomic E-state index is 12.0. The summed E-state index contributed by atoms with van der Waals surface area (Å²) in [6, 6.07) is 17.1. The summed E-state index contributed by atoms with van der Waals surface area (Å²) in [5, 5.41) is 2.90. The van der Waals surface area contributed by atoms with Crippen LogP contribution in [0.2, 0.25) is 0 Å². The standard InChI is InChI=1S/C19H21NO3/c21-19(13-15-5-2-1-3-6-15)20-16-8-10-17(11-9-16)23-14-18-7-4-12-22-18/h1-3,5-6,8-11,18H,4,7,12-14H2,(H,20,21)/t18-/m1/s1. The van der Waals surface area contributed by atoms with Gasteiger partial charge in [-0.2, -0.15) is 0 Å². The van der Waals surface area contributed by atoms with Crippen molar-refractivity contribution in [3.63, 3.8) is 0 Å². The van der Waals surface area contributed by atoms with E-state index in [2.05, 4.69) is 5.32 Å². The monoisotopic (exact) mass is 311 g/mol. The van der Waals surface area contributed by atoms with E-state index in [9.17, 15) is 4.79 Å². The van der Waals surface area contributed by atoms with Crippen LogP contribution in [-0.4, -0.2) is 25.2 Å². The van der Waals surface area contributed by atoms with Crippen molar-refractivity contribution in [3.8, 4) is 5.75 Å². The van der Waals surface area contributed by atoms with E-state index < -0.39 is 0 Å². The van der Waals surface area contributed by atoms with Crippen molar-refractivity contribution in [3.05, 3.63) is 60.2 Å². The minimum Gasteiger partial charge on any atom is -0.491 e. The molecule has 2 aromatic carbocycles. The summed E-state index contributed by atoms with van der Waals surface area (Å²) in [4.78, 5) is 12.0. The fourth-order valence-corrected chi connectivity index (χ4v) is 2.59. The van der Waals surface area contributed by atoms with Crippen LogP contribution >= 0.6 is 0 Å². The number of anilines is 1. The van der Waals surface area contributed by atoms with E-state index in [1.807, 2.05) is 54.6 Å². The zero-order valence-corrected chi connectivity index (χ0v) is 13.0. The highest BCUT2D eigenvalue weighted by molar-refractivity contribution is 5.92. The number of hydrogen-bond acceptors (Lipinski definition) is 3. The molecule has 0 spiro atoms. The molecule has 0 aliphatic carbocycles. The number of carbonyl (C=O) groups excluding carboxylic acids is 1. The molecular formula is C19H21NO3. The predicted octanol–water partition coefficient (Wildman–Crippen LogP) is 3.43. The summed E-state index contributed by atoms with van der Waals surface area (Å²) in [5.41, 5.74) is 1.77. The largest absolute Gasteiger partial charge is 0.491 e. The molecule has 1 heterocycles. The lowest BCUT2D eigenvalue weighted by atomic mass is 10.1. The van der Waals surface area contributed by atoms with E-state index >= 15 is 0 Å². The summed E-state index contributed by atoms with van der Waals surface area (Å²) in [7, 11) is 0. The Labute approximate surface area is 136 Å². The molecule has 1 amide bonds. The van der Waals surface area contributed by atoms with Crippen molar-refractivity contribution in [2.24, 2.45) is 0 Å². The van der Waals surface area contributed by atoms with Gasteiger partial charge in [-0.05, 0) is 42.7 Å². The van der Waals surface area contributed by atoms with Crippen LogP contribution in [-0.2, 0) is 16.0 Å². The Morgan fingerprint density at radius 1 is 1.13 bits per heavy atom. The number of amides is 1. The average Bonchev–Trinajstić information content (AvgIpc) is 3.08. The summed E-state index contributed by atoms with van der Waals surface area (Å²) >= 11 is 0. The summed E-state index contributed by atoms with van der Waals surface area (Å²) in [5.74, 6) is 0.769. The van der Waals surface area contributed by atoms with E-state index in [0.717, 1.165) is 36.4 Å². The van der Waals surface area contributed by atoms with E-state index in [1.165, 1.54) is 0 Å². The van der Waals surface area contributed by atoms with Crippen LogP contribution in [0.5, 0.6) is 5.75 Å². The first-order chi connectivity index (χ1) is 11.3. The second kappa shape index (κ2) is 7.79. The van der Waals surface area contributed by atoms with Gasteiger partial charge in [0.15, 0.2) is 0 Å². The molecule has 1 fully saturated rings. The molecule has 1 atom stereocenters. The molecule has 1 saturated heterocycles. The van der Waals surface area contributed by atoms with Crippen LogP contribution in [0.4, 0.5) is 5.69 Å². The summed E-state index contributed by atoms with van der Waals surface area (Å²) in [6.07, 6.45) is 2.76. The molecule has 1 aliphatic heterocycles. The molecule has 3 rings (SSSR count). The molecule has 0 saturated carbocycles. The van der Waals surface area contributed by atoms with E-state index in [-0.39, 0.29) is 12.0 Å². The smallest absolute Gasteiger partial charge is 0.228 e. The van der Waals surface area contributed by atoms with Crippen LogP contribution in [0, 0.1) is 0 Å². The van der Waals surface area contributed by atoms with E-state index in [1.54, 1.807) is 0 Å². The highest BCUT2D eigenvalue weighted by Gasteiger charge is 2.15. The first-order valence-electron chi connectivity index (χ1n) is 7.98. The van der Waals surface area contributed by atoms with E-state index in [4.69, 9.17) is 9.47 Å². The minimum atomic E-state index is -0.0239. The Hall–Kier alpha value is -2.33. The van der Waals surface area contributed by atoms with Gasteiger partial charge in [-0.3, -0.25) is 4.79 Å². The normalized spacial score (nSPS) is 17.0. The number of ether oxygens (including phenoxy) is 2. The van der Waals surface area contributed by atoms with Crippen molar-refractivity contribution in [1.29, 1.82) is 0 Å². The second-order valence-corrected chi connectivity index (χ2v) is 5.68. The van der Waals surface area contributed by atoms with E-state index in [0.29, 0.717) is 13.0 Å². The van der Waals surface area contributed by atoms with Gasteiger partial charge in [0.2, 0.25) is 5.91 Å². The highest BCUT2D eigenvalue weighted by Crippen LogP contribution is 2.18. The Bertz CT molecular complexity index is 619. The predicted molar refractivity (Wildman–Crippen MR) is 89.7 cm³/mol. The Balaban J connectivity index is 1.47. The maximum atomic E-state index is 12.0. The van der Waals surface area contributed by atoms with Gasteiger partial charge < -0.3 is 14.8 Å². The lowest BCUT2D eigenvalue weighted by Gasteiger charge is -2.12. The lowest BCUT2D eigenvalue weighted by Crippen LogP contribution is -2.16. The number of rotatable bonds is 6. The zero-order chi connectivity index (χ0) is 15.9. The van der Waals surface area contributed by atoms with Crippen LogP contribution < -0.4 is 10.1 Å². The molecular weight excluding hydrogens is 290 g/mol. The molecule has 1 N–H and O–H groups in total. The van der Waals surface area contributed by atoms with Crippen LogP contribution in [0.3, 0.4) is 0 Å². The van der Waals surface area contributed by atoms with Gasteiger partial charge in [-0.15, -0.1) is 0 Å². The van der Waals surface area contributed by atoms with Gasteiger partial charge in [0.05, 0.1) is 12.5 Å². The number of carbonyl (C=O) groups is 1. The van der Waals surface area contributed by atoms with Crippen molar-refractivity contribution in [2.75, 3.05) is 18.5 Å². The van der Waals surface area contributed by atoms with Gasteiger partial charge in [0.25, 0.3) is 0 Å². The maximum Gasteiger partial charge on any atom is 0.228 e. The first kappa shape index (κ1) is 15.6. The fraction of sp³-hybridized carbons (Fsp3) is 0.316. The van der Waals surface area contributed by atoms with Crippen molar-refractivity contribution < 1.29 is 14.3 Å². The summed E-state index contributed by atoms with van der Waals surface area (Å²) in [6.45, 7) is 1.42. The number of benzene rings is 2. The van der Waals surface area contributed by atoms with Crippen LogP contribution in [0.15, 0.2) is 54.6 Å². The van der Waals surface area contributed by atoms with Gasteiger partial charge in [0, 0.05) is 12.3 Å². The molecule has 120 valence electrons. The quantitative estimate of drug-likeness (QED) is 0.889. The van der Waals surface area contributed by atoms with Gasteiger partial charge in [0.1, 0.15) is 12.4 Å². The molecule has 23 heavy (non-hydrogen) atoms. The third kappa shape index (κ3) is 4.83. The topological polar surface area (TPSA) is 47.6 Å². The molecule has 4 heteroatoms. The molecule has 0 radical (unpaired) electrons. The molecule has 0 aromatic heterocycles. The third-order valence-electron chi connectivity index (χ3n) is 3.81. The van der Waals surface area contributed by atoms with Crippen molar-refractivity contribution in [2.45, 2.75) is 25.4 Å². The van der Waals surface area contributed by atoms with Crippen LogP contribution in [0.1, 0.15) is 18.4 Å². The van der Waals surface area contributed by atoms with Gasteiger partial charge in [-0.25, -0.2) is 0 Å². The van der Waals surface area contributed by atoms with Gasteiger partial charge >= 0.3 is 0 Å². The van der Waals surface area contributed by atoms with Crippen LogP contribution in [0.25, 0.3) is 0 Å².